The molecule has 1 aromatic carbocycles. The molecule has 0 fully saturated rings. The van der Waals surface area contributed by atoms with Crippen LogP contribution in [0.25, 0.3) is 21.9 Å². The Morgan fingerprint density at radius 1 is 1.13 bits per heavy atom. The number of sulfonamides is 2. The van der Waals surface area contributed by atoms with Crippen molar-refractivity contribution in [3.05, 3.63) is 30.1 Å². The Bertz CT molecular complexity index is 1330. The van der Waals surface area contributed by atoms with E-state index in [-0.39, 0.29) is 24.9 Å². The van der Waals surface area contributed by atoms with E-state index in [4.69, 9.17) is 10.9 Å². The standard InChI is InChI=1S/C18H24N6O4S2/c1-29(25,26)23-10-12(6-4-5-9-30(20,27)28)24-15(11-23)22-16-17(24)13-7-2-3-8-14(13)21-18(16)19/h2-3,7-8,12H,4-6,9-11H2,1H3,(H2,19,21)(H2,20,27,28)/t12-/m0/s1. The van der Waals surface area contributed by atoms with Gasteiger partial charge in [-0.1, -0.05) is 24.6 Å². The minimum Gasteiger partial charge on any atom is -0.382 e. The van der Waals surface area contributed by atoms with Crippen LogP contribution in [0.1, 0.15) is 31.1 Å². The normalized spacial score (nSPS) is 18.1. The predicted molar refractivity (Wildman–Crippen MR) is 116 cm³/mol. The summed E-state index contributed by atoms with van der Waals surface area (Å²) in [5.74, 6) is 0.791. The van der Waals surface area contributed by atoms with Crippen LogP contribution in [0.2, 0.25) is 0 Å². The van der Waals surface area contributed by atoms with E-state index >= 15 is 0 Å². The molecule has 3 heterocycles. The van der Waals surface area contributed by atoms with Crippen molar-refractivity contribution in [3.63, 3.8) is 0 Å². The lowest BCUT2D eigenvalue weighted by Crippen LogP contribution is -2.40. The molecule has 162 valence electrons. The number of hydrogen-bond acceptors (Lipinski definition) is 7. The summed E-state index contributed by atoms with van der Waals surface area (Å²) in [5, 5.41) is 5.99. The number of nitrogens with zero attached hydrogens (tertiary/aromatic N) is 4. The molecule has 12 heteroatoms. The number of fused-ring (bicyclic) bond motifs is 5. The Balaban J connectivity index is 1.81. The van der Waals surface area contributed by atoms with Crippen molar-refractivity contribution < 1.29 is 16.8 Å². The number of nitrogens with two attached hydrogens (primary N) is 2. The van der Waals surface area contributed by atoms with Gasteiger partial charge in [0.1, 0.15) is 11.3 Å². The highest BCUT2D eigenvalue weighted by Crippen LogP contribution is 2.36. The molecule has 2 aromatic heterocycles. The molecule has 0 aliphatic carbocycles. The SMILES string of the molecule is CS(=O)(=O)N1Cc2nc3c(N)nc4ccccc4c3n2[C@@H](CCCCS(N)(=O)=O)C1. The third-order valence-electron chi connectivity index (χ3n) is 5.41. The average Bonchev–Trinajstić information content (AvgIpc) is 3.04. The number of unbranched alkanes of at least 4 members (excludes halogenated alkanes) is 1. The van der Waals surface area contributed by atoms with Crippen LogP contribution >= 0.6 is 0 Å². The molecule has 1 aliphatic rings. The highest BCUT2D eigenvalue weighted by Gasteiger charge is 2.33. The summed E-state index contributed by atoms with van der Waals surface area (Å²) in [6.45, 7) is 0.429. The Labute approximate surface area is 175 Å². The van der Waals surface area contributed by atoms with Gasteiger partial charge in [0.2, 0.25) is 20.0 Å². The van der Waals surface area contributed by atoms with E-state index in [2.05, 4.69) is 9.97 Å². The maximum Gasteiger partial charge on any atom is 0.211 e. The minimum atomic E-state index is -3.53. The van der Waals surface area contributed by atoms with E-state index in [1.54, 1.807) is 0 Å². The lowest BCUT2D eigenvalue weighted by molar-refractivity contribution is 0.271. The van der Waals surface area contributed by atoms with Crippen LogP contribution in [-0.2, 0) is 26.6 Å². The monoisotopic (exact) mass is 452 g/mol. The van der Waals surface area contributed by atoms with Crippen LogP contribution in [0.4, 0.5) is 5.82 Å². The number of nitrogen functional groups attached to an aromatic ring is 1. The van der Waals surface area contributed by atoms with Crippen LogP contribution in [0.5, 0.6) is 0 Å². The number of anilines is 1. The summed E-state index contributed by atoms with van der Waals surface area (Å²) in [5.41, 5.74) is 8.29. The van der Waals surface area contributed by atoms with Crippen molar-refractivity contribution in [3.8, 4) is 0 Å². The molecule has 10 nitrogen and oxygen atoms in total. The fourth-order valence-electron chi connectivity index (χ4n) is 4.07. The van der Waals surface area contributed by atoms with Gasteiger partial charge in [-0.3, -0.25) is 0 Å². The number of hydrogen-bond donors (Lipinski definition) is 2. The maximum atomic E-state index is 12.3. The van der Waals surface area contributed by atoms with E-state index < -0.39 is 20.0 Å². The molecule has 0 saturated heterocycles. The zero-order valence-electron chi connectivity index (χ0n) is 16.5. The van der Waals surface area contributed by atoms with E-state index in [9.17, 15) is 16.8 Å². The number of primary sulfonamides is 1. The Kier molecular flexibility index (Phi) is 5.21. The van der Waals surface area contributed by atoms with Gasteiger partial charge >= 0.3 is 0 Å². The maximum absolute atomic E-state index is 12.3. The van der Waals surface area contributed by atoms with E-state index in [1.165, 1.54) is 10.6 Å². The fourth-order valence-corrected chi connectivity index (χ4v) is 5.47. The van der Waals surface area contributed by atoms with Crippen molar-refractivity contribution in [2.75, 3.05) is 24.3 Å². The molecular weight excluding hydrogens is 428 g/mol. The topological polar surface area (TPSA) is 154 Å². The van der Waals surface area contributed by atoms with Gasteiger partial charge in [-0.25, -0.2) is 31.9 Å². The number of rotatable bonds is 6. The summed E-state index contributed by atoms with van der Waals surface area (Å²) < 4.78 is 50.4. The van der Waals surface area contributed by atoms with Gasteiger partial charge < -0.3 is 10.3 Å². The summed E-state index contributed by atoms with van der Waals surface area (Å²) in [4.78, 5) is 9.07. The molecule has 0 saturated carbocycles. The van der Waals surface area contributed by atoms with Crippen molar-refractivity contribution in [2.45, 2.75) is 31.8 Å². The largest absolute Gasteiger partial charge is 0.382 e. The van der Waals surface area contributed by atoms with Crippen LogP contribution in [0.15, 0.2) is 24.3 Å². The molecule has 0 bridgehead atoms. The summed E-state index contributed by atoms with van der Waals surface area (Å²) in [6.07, 6.45) is 2.74. The zero-order valence-corrected chi connectivity index (χ0v) is 18.2. The number of pyridine rings is 1. The summed E-state index contributed by atoms with van der Waals surface area (Å²) in [6, 6.07) is 7.40. The number of para-hydroxylation sites is 1. The lowest BCUT2D eigenvalue weighted by atomic mass is 10.1. The predicted octanol–water partition coefficient (Wildman–Crippen LogP) is 0.942. The molecule has 0 amide bonds. The van der Waals surface area contributed by atoms with Crippen LogP contribution < -0.4 is 10.9 Å². The summed E-state index contributed by atoms with van der Waals surface area (Å²) in [7, 11) is -6.96. The van der Waals surface area contributed by atoms with Crippen molar-refractivity contribution >= 4 is 47.8 Å². The Hall–Kier alpha value is -2.28. The summed E-state index contributed by atoms with van der Waals surface area (Å²) >= 11 is 0. The van der Waals surface area contributed by atoms with Crippen LogP contribution in [0.3, 0.4) is 0 Å². The van der Waals surface area contributed by atoms with Crippen LogP contribution in [-0.4, -0.2) is 54.2 Å². The van der Waals surface area contributed by atoms with Gasteiger partial charge in [-0.15, -0.1) is 0 Å². The molecule has 1 atom stereocenters. The van der Waals surface area contributed by atoms with E-state index in [0.29, 0.717) is 36.4 Å². The first-order valence-corrected chi connectivity index (χ1v) is 13.1. The molecule has 4 N–H and O–H groups in total. The van der Waals surface area contributed by atoms with Crippen LogP contribution in [0, 0.1) is 0 Å². The molecule has 4 rings (SSSR count). The van der Waals surface area contributed by atoms with Crippen molar-refractivity contribution in [2.24, 2.45) is 5.14 Å². The number of aromatic nitrogens is 3. The third kappa shape index (κ3) is 4.00. The van der Waals surface area contributed by atoms with E-state index in [1.807, 2.05) is 28.8 Å². The van der Waals surface area contributed by atoms with Crippen molar-refractivity contribution in [1.82, 2.24) is 18.8 Å². The first-order valence-electron chi connectivity index (χ1n) is 9.55. The lowest BCUT2D eigenvalue weighted by Gasteiger charge is -2.33. The van der Waals surface area contributed by atoms with Gasteiger partial charge in [0.05, 0.1) is 29.6 Å². The highest BCUT2D eigenvalue weighted by molar-refractivity contribution is 7.89. The Morgan fingerprint density at radius 3 is 2.57 bits per heavy atom. The molecule has 0 radical (unpaired) electrons. The second-order valence-electron chi connectivity index (χ2n) is 7.68. The first-order chi connectivity index (χ1) is 14.0. The quantitative estimate of drug-likeness (QED) is 0.527. The fraction of sp³-hybridized carbons (Fsp3) is 0.444. The molecular formula is C18H24N6O4S2. The van der Waals surface area contributed by atoms with Gasteiger partial charge in [0.25, 0.3) is 0 Å². The number of imidazole rings is 1. The van der Waals surface area contributed by atoms with E-state index in [0.717, 1.165) is 16.4 Å². The molecule has 0 unspecified atom stereocenters. The van der Waals surface area contributed by atoms with Gasteiger partial charge in [-0.2, -0.15) is 4.31 Å². The second-order valence-corrected chi connectivity index (χ2v) is 11.4. The minimum absolute atomic E-state index is 0.104. The molecule has 1 aliphatic heterocycles. The van der Waals surface area contributed by atoms with Gasteiger partial charge in [0.15, 0.2) is 5.82 Å². The average molecular weight is 453 g/mol. The smallest absolute Gasteiger partial charge is 0.211 e. The Morgan fingerprint density at radius 2 is 1.87 bits per heavy atom. The third-order valence-corrected chi connectivity index (χ3v) is 7.48. The number of benzene rings is 1. The van der Waals surface area contributed by atoms with Gasteiger partial charge in [0, 0.05) is 18.0 Å². The first kappa shape index (κ1) is 21.0. The van der Waals surface area contributed by atoms with Gasteiger partial charge in [-0.05, 0) is 18.9 Å². The van der Waals surface area contributed by atoms with Crippen molar-refractivity contribution in [1.29, 1.82) is 0 Å². The molecule has 30 heavy (non-hydrogen) atoms. The second kappa shape index (κ2) is 7.45. The molecule has 0 spiro atoms. The zero-order chi connectivity index (χ0) is 21.7. The highest BCUT2D eigenvalue weighted by atomic mass is 32.2. The molecule has 3 aromatic rings.